The number of Topliss-reactive ketones (excluding diaryl/α,β-unsaturated/α-hetero) is 1. The maximum Gasteiger partial charge on any atom is 0.174 e. The summed E-state index contributed by atoms with van der Waals surface area (Å²) in [6.07, 6.45) is 0.764. The quantitative estimate of drug-likeness (QED) is 0.806. The molecule has 0 radical (unpaired) electrons. The van der Waals surface area contributed by atoms with Crippen LogP contribution in [0.1, 0.15) is 11.1 Å². The van der Waals surface area contributed by atoms with Gasteiger partial charge in [0.2, 0.25) is 0 Å². The van der Waals surface area contributed by atoms with Crippen LogP contribution in [0, 0.1) is 11.3 Å². The predicted octanol–water partition coefficient (Wildman–Crippen LogP) is 2.94. The molecule has 0 unspecified atom stereocenters. The van der Waals surface area contributed by atoms with E-state index in [0.29, 0.717) is 18.6 Å². The third kappa shape index (κ3) is 4.25. The van der Waals surface area contributed by atoms with Crippen LogP contribution in [-0.4, -0.2) is 12.4 Å². The van der Waals surface area contributed by atoms with Crippen molar-refractivity contribution in [1.82, 2.24) is 0 Å². The molecular weight excluding hydrogens is 250 g/mol. The van der Waals surface area contributed by atoms with Crippen molar-refractivity contribution in [2.24, 2.45) is 0 Å². The highest BCUT2D eigenvalue weighted by molar-refractivity contribution is 5.82. The monoisotopic (exact) mass is 265 g/mol. The van der Waals surface area contributed by atoms with Crippen LogP contribution in [0.5, 0.6) is 5.75 Å². The smallest absolute Gasteiger partial charge is 0.174 e. The fourth-order valence-electron chi connectivity index (χ4n) is 1.83. The lowest BCUT2D eigenvalue weighted by molar-refractivity contribution is -0.120. The van der Waals surface area contributed by atoms with Gasteiger partial charge in [0.05, 0.1) is 12.5 Å². The largest absolute Gasteiger partial charge is 0.486 e. The fourth-order valence-corrected chi connectivity index (χ4v) is 1.83. The second-order valence-electron chi connectivity index (χ2n) is 4.47. The molecule has 3 heteroatoms. The molecule has 0 saturated carbocycles. The summed E-state index contributed by atoms with van der Waals surface area (Å²) < 4.78 is 5.44. The van der Waals surface area contributed by atoms with E-state index in [0.717, 1.165) is 11.1 Å². The molecule has 0 spiro atoms. The highest BCUT2D eigenvalue weighted by Crippen LogP contribution is 2.12. The van der Waals surface area contributed by atoms with E-state index in [1.807, 2.05) is 42.5 Å². The summed E-state index contributed by atoms with van der Waals surface area (Å²) in [7, 11) is 0. The van der Waals surface area contributed by atoms with Crippen molar-refractivity contribution >= 4 is 5.78 Å². The third-order valence-electron chi connectivity index (χ3n) is 2.85. The Hall–Kier alpha value is -2.60. The van der Waals surface area contributed by atoms with Crippen LogP contribution in [0.15, 0.2) is 54.6 Å². The van der Waals surface area contributed by atoms with Gasteiger partial charge in [-0.05, 0) is 23.3 Å². The third-order valence-corrected chi connectivity index (χ3v) is 2.85. The van der Waals surface area contributed by atoms with Gasteiger partial charge in [0.15, 0.2) is 5.78 Å². The Balaban J connectivity index is 1.83. The molecule has 100 valence electrons. The number of benzene rings is 2. The Morgan fingerprint density at radius 2 is 1.70 bits per heavy atom. The van der Waals surface area contributed by atoms with E-state index in [-0.39, 0.29) is 12.4 Å². The summed E-state index contributed by atoms with van der Waals surface area (Å²) in [4.78, 5) is 11.8. The zero-order valence-electron chi connectivity index (χ0n) is 11.1. The molecule has 0 aliphatic carbocycles. The number of carbonyl (C=O) groups is 1. The topological polar surface area (TPSA) is 50.1 Å². The number of hydrogen-bond acceptors (Lipinski definition) is 3. The highest BCUT2D eigenvalue weighted by atomic mass is 16.5. The van der Waals surface area contributed by atoms with E-state index >= 15 is 0 Å². The summed E-state index contributed by atoms with van der Waals surface area (Å²) >= 11 is 0. The fraction of sp³-hybridized carbons (Fsp3) is 0.176. The molecule has 0 aliphatic heterocycles. The molecule has 0 aromatic heterocycles. The number of nitriles is 1. The maximum atomic E-state index is 11.8. The number of ketones is 1. The minimum atomic E-state index is 0.0392. The van der Waals surface area contributed by atoms with Crippen molar-refractivity contribution in [2.45, 2.75) is 12.8 Å². The van der Waals surface area contributed by atoms with E-state index in [4.69, 9.17) is 10.00 Å². The van der Waals surface area contributed by atoms with Gasteiger partial charge in [-0.25, -0.2) is 0 Å². The van der Waals surface area contributed by atoms with Crippen molar-refractivity contribution in [3.63, 3.8) is 0 Å². The van der Waals surface area contributed by atoms with E-state index in [1.165, 1.54) is 0 Å². The second kappa shape index (κ2) is 7.10. The van der Waals surface area contributed by atoms with Crippen molar-refractivity contribution in [1.29, 1.82) is 5.26 Å². The van der Waals surface area contributed by atoms with Crippen LogP contribution >= 0.6 is 0 Å². The van der Waals surface area contributed by atoms with Crippen LogP contribution in [0.4, 0.5) is 0 Å². The molecule has 0 N–H and O–H groups in total. The number of carbonyl (C=O) groups excluding carboxylic acids is 1. The van der Waals surface area contributed by atoms with Gasteiger partial charge in [-0.3, -0.25) is 4.79 Å². The van der Waals surface area contributed by atoms with Crippen molar-refractivity contribution in [3.05, 3.63) is 65.7 Å². The first-order valence-electron chi connectivity index (χ1n) is 6.42. The number of rotatable bonds is 6. The number of ether oxygens (including phenoxy) is 1. The van der Waals surface area contributed by atoms with Gasteiger partial charge in [0.25, 0.3) is 0 Å². The Labute approximate surface area is 118 Å². The molecule has 2 aromatic carbocycles. The van der Waals surface area contributed by atoms with Crippen molar-refractivity contribution in [2.75, 3.05) is 6.61 Å². The first-order valence-corrected chi connectivity index (χ1v) is 6.42. The Bertz CT molecular complexity index is 597. The summed E-state index contributed by atoms with van der Waals surface area (Å²) in [5.41, 5.74) is 1.93. The van der Waals surface area contributed by atoms with Crippen LogP contribution < -0.4 is 4.74 Å². The summed E-state index contributed by atoms with van der Waals surface area (Å²) in [6, 6.07) is 18.9. The van der Waals surface area contributed by atoms with Crippen LogP contribution in [0.25, 0.3) is 0 Å². The van der Waals surface area contributed by atoms with Gasteiger partial charge in [0.1, 0.15) is 12.4 Å². The SMILES string of the molecule is N#CCc1ccc(OCC(=O)Cc2ccccc2)cc1. The molecule has 0 saturated heterocycles. The lowest BCUT2D eigenvalue weighted by Gasteiger charge is -2.06. The summed E-state index contributed by atoms with van der Waals surface area (Å²) in [5, 5.41) is 8.58. The van der Waals surface area contributed by atoms with E-state index in [9.17, 15) is 4.79 Å². The molecule has 0 heterocycles. The number of nitrogens with zero attached hydrogens (tertiary/aromatic N) is 1. The molecule has 3 nitrogen and oxygen atoms in total. The van der Waals surface area contributed by atoms with Gasteiger partial charge in [0, 0.05) is 6.42 Å². The van der Waals surface area contributed by atoms with E-state index in [1.54, 1.807) is 12.1 Å². The highest BCUT2D eigenvalue weighted by Gasteiger charge is 2.04. The zero-order valence-corrected chi connectivity index (χ0v) is 11.1. The van der Waals surface area contributed by atoms with Gasteiger partial charge in [-0.15, -0.1) is 0 Å². The minimum absolute atomic E-state index is 0.0392. The average molecular weight is 265 g/mol. The van der Waals surface area contributed by atoms with Crippen LogP contribution in [-0.2, 0) is 17.6 Å². The maximum absolute atomic E-state index is 11.8. The Morgan fingerprint density at radius 1 is 1.00 bits per heavy atom. The van der Waals surface area contributed by atoms with E-state index in [2.05, 4.69) is 6.07 Å². The summed E-state index contributed by atoms with van der Waals surface area (Å²) in [5.74, 6) is 0.686. The van der Waals surface area contributed by atoms with Gasteiger partial charge in [-0.1, -0.05) is 42.5 Å². The first kappa shape index (κ1) is 13.8. The molecule has 0 fully saturated rings. The minimum Gasteiger partial charge on any atom is -0.486 e. The van der Waals surface area contributed by atoms with Crippen molar-refractivity contribution in [3.8, 4) is 11.8 Å². The second-order valence-corrected chi connectivity index (χ2v) is 4.47. The molecule has 0 atom stereocenters. The van der Waals surface area contributed by atoms with E-state index < -0.39 is 0 Å². The molecule has 0 aliphatic rings. The molecule has 2 aromatic rings. The normalized spacial score (nSPS) is 9.75. The molecule has 0 bridgehead atoms. The Morgan fingerprint density at radius 3 is 2.35 bits per heavy atom. The van der Waals surface area contributed by atoms with Crippen LogP contribution in [0.2, 0.25) is 0 Å². The lowest BCUT2D eigenvalue weighted by atomic mass is 10.1. The first-order chi connectivity index (χ1) is 9.78. The van der Waals surface area contributed by atoms with Crippen molar-refractivity contribution < 1.29 is 9.53 Å². The molecule has 20 heavy (non-hydrogen) atoms. The van der Waals surface area contributed by atoms with Gasteiger partial charge in [-0.2, -0.15) is 5.26 Å². The average Bonchev–Trinajstić information content (AvgIpc) is 2.48. The predicted molar refractivity (Wildman–Crippen MR) is 76.4 cm³/mol. The van der Waals surface area contributed by atoms with Gasteiger partial charge >= 0.3 is 0 Å². The number of hydrogen-bond donors (Lipinski definition) is 0. The molecule has 0 amide bonds. The standard InChI is InChI=1S/C17H15NO2/c18-11-10-14-6-8-17(9-7-14)20-13-16(19)12-15-4-2-1-3-5-15/h1-9H,10,12-13H2. The zero-order chi connectivity index (χ0) is 14.2. The molecular formula is C17H15NO2. The Kier molecular flexibility index (Phi) is 4.91. The van der Waals surface area contributed by atoms with Crippen LogP contribution in [0.3, 0.4) is 0 Å². The summed E-state index contributed by atoms with van der Waals surface area (Å²) in [6.45, 7) is 0.0620. The van der Waals surface area contributed by atoms with Gasteiger partial charge < -0.3 is 4.74 Å². The lowest BCUT2D eigenvalue weighted by Crippen LogP contribution is -2.13. The molecule has 2 rings (SSSR count).